The molecule has 32 heavy (non-hydrogen) atoms. The van der Waals surface area contributed by atoms with Crippen molar-refractivity contribution in [3.8, 4) is 0 Å². The van der Waals surface area contributed by atoms with Crippen LogP contribution in [0.25, 0.3) is 10.2 Å². The van der Waals surface area contributed by atoms with Gasteiger partial charge in [0.1, 0.15) is 0 Å². The maximum Gasteiger partial charge on any atom is 0.416 e. The van der Waals surface area contributed by atoms with Crippen LogP contribution < -0.4 is 4.90 Å². The fourth-order valence-electron chi connectivity index (χ4n) is 3.57. The molecule has 2 aromatic heterocycles. The molecule has 0 radical (unpaired) electrons. The van der Waals surface area contributed by atoms with Crippen LogP contribution >= 0.6 is 11.3 Å². The van der Waals surface area contributed by atoms with Crippen LogP contribution in [0.4, 0.5) is 18.3 Å². The summed E-state index contributed by atoms with van der Waals surface area (Å²) in [6, 6.07) is 8.54. The summed E-state index contributed by atoms with van der Waals surface area (Å²) in [6.07, 6.45) is 1.25. The van der Waals surface area contributed by atoms with E-state index in [0.29, 0.717) is 24.6 Å². The van der Waals surface area contributed by atoms with Crippen molar-refractivity contribution in [1.82, 2.24) is 14.5 Å². The van der Waals surface area contributed by atoms with Crippen LogP contribution in [0.5, 0.6) is 0 Å². The zero-order valence-corrected chi connectivity index (χ0v) is 18.4. The first kappa shape index (κ1) is 22.0. The Morgan fingerprint density at radius 2 is 2.00 bits per heavy atom. The van der Waals surface area contributed by atoms with Crippen LogP contribution in [0, 0.1) is 13.8 Å². The monoisotopic (exact) mass is 458 g/mol. The topological polar surface area (TPSA) is 51.0 Å². The average molecular weight is 459 g/mol. The lowest BCUT2D eigenvalue weighted by atomic mass is 10.1. The molecule has 4 aromatic rings. The number of halogens is 3. The minimum Gasteiger partial charge on any atom is -0.337 e. The third-order valence-corrected chi connectivity index (χ3v) is 6.11. The fraction of sp³-hybridized carbons (Fsp3) is 0.261. The molecule has 0 aliphatic carbocycles. The lowest BCUT2D eigenvalue weighted by Gasteiger charge is -2.20. The van der Waals surface area contributed by atoms with Crippen molar-refractivity contribution in [2.75, 3.05) is 11.4 Å². The first-order valence-electron chi connectivity index (χ1n) is 10.0. The van der Waals surface area contributed by atoms with Crippen molar-refractivity contribution >= 4 is 32.6 Å². The number of thiazole rings is 1. The molecule has 4 rings (SSSR count). The Morgan fingerprint density at radius 1 is 1.19 bits per heavy atom. The minimum atomic E-state index is -4.52. The van der Waals surface area contributed by atoms with Crippen LogP contribution in [-0.4, -0.2) is 27.0 Å². The van der Waals surface area contributed by atoms with Crippen molar-refractivity contribution < 1.29 is 18.0 Å². The molecule has 0 spiro atoms. The largest absolute Gasteiger partial charge is 0.416 e. The van der Waals surface area contributed by atoms with E-state index in [1.165, 1.54) is 28.4 Å². The molecule has 0 aliphatic heterocycles. The molecular weight excluding hydrogens is 437 g/mol. The summed E-state index contributed by atoms with van der Waals surface area (Å²) in [4.78, 5) is 23.5. The zero-order valence-electron chi connectivity index (χ0n) is 17.6. The maximum absolute atomic E-state index is 13.4. The Morgan fingerprint density at radius 3 is 2.72 bits per heavy atom. The van der Waals surface area contributed by atoms with E-state index < -0.39 is 17.6 Å². The number of rotatable bonds is 6. The van der Waals surface area contributed by atoms with E-state index in [4.69, 9.17) is 0 Å². The molecule has 2 heterocycles. The highest BCUT2D eigenvalue weighted by Gasteiger charge is 2.31. The van der Waals surface area contributed by atoms with E-state index >= 15 is 0 Å². The highest BCUT2D eigenvalue weighted by atomic mass is 32.1. The highest BCUT2D eigenvalue weighted by Crippen LogP contribution is 2.34. The molecule has 9 heteroatoms. The van der Waals surface area contributed by atoms with Gasteiger partial charge in [0.2, 0.25) is 0 Å². The standard InChI is InChI=1S/C23H21F3N4OS/c1-15-11-16(2)20-19(12-15)32-22(28-20)30(9-4-8-29-10-7-27-14-29)21(31)17-5-3-6-18(13-17)23(24,25)26/h3,5-7,10-14H,4,8-9H2,1-2H3. The second-order valence-electron chi connectivity index (χ2n) is 7.61. The Hall–Kier alpha value is -3.20. The van der Waals surface area contributed by atoms with E-state index in [2.05, 4.69) is 9.97 Å². The summed E-state index contributed by atoms with van der Waals surface area (Å²) in [5.74, 6) is -0.504. The van der Waals surface area contributed by atoms with Gasteiger partial charge in [0, 0.05) is 31.0 Å². The number of nitrogens with zero attached hydrogens (tertiary/aromatic N) is 4. The van der Waals surface area contributed by atoms with Crippen molar-refractivity contribution in [3.63, 3.8) is 0 Å². The van der Waals surface area contributed by atoms with Crippen molar-refractivity contribution in [3.05, 3.63) is 77.4 Å². The molecule has 2 aromatic carbocycles. The number of hydrogen-bond acceptors (Lipinski definition) is 4. The molecule has 0 aliphatic rings. The minimum absolute atomic E-state index is 0.0189. The number of benzene rings is 2. The summed E-state index contributed by atoms with van der Waals surface area (Å²) in [5, 5.41) is 0.474. The predicted molar refractivity (Wildman–Crippen MR) is 119 cm³/mol. The Labute approximate surface area is 187 Å². The molecule has 0 bridgehead atoms. The van der Waals surface area contributed by atoms with Crippen LogP contribution in [0.3, 0.4) is 0 Å². The third kappa shape index (κ3) is 4.67. The number of amides is 1. The Bertz CT molecular complexity index is 1250. The fourth-order valence-corrected chi connectivity index (χ4v) is 4.74. The molecule has 0 saturated carbocycles. The molecule has 0 N–H and O–H groups in total. The molecule has 0 atom stereocenters. The number of aromatic nitrogens is 3. The number of anilines is 1. The maximum atomic E-state index is 13.4. The number of aryl methyl sites for hydroxylation is 3. The second kappa shape index (κ2) is 8.74. The van der Waals surface area contributed by atoms with Crippen LogP contribution in [0.1, 0.15) is 33.5 Å². The summed E-state index contributed by atoms with van der Waals surface area (Å²) < 4.78 is 42.4. The van der Waals surface area contributed by atoms with E-state index in [1.807, 2.05) is 36.7 Å². The number of carbonyl (C=O) groups is 1. The van der Waals surface area contributed by atoms with Gasteiger partial charge in [0.15, 0.2) is 5.13 Å². The van der Waals surface area contributed by atoms with Gasteiger partial charge in [0.25, 0.3) is 5.91 Å². The van der Waals surface area contributed by atoms with Gasteiger partial charge in [-0.15, -0.1) is 0 Å². The molecule has 0 saturated heterocycles. The normalized spacial score (nSPS) is 11.8. The van der Waals surface area contributed by atoms with E-state index in [-0.39, 0.29) is 5.56 Å². The van der Waals surface area contributed by atoms with Crippen LogP contribution in [0.2, 0.25) is 0 Å². The highest BCUT2D eigenvalue weighted by molar-refractivity contribution is 7.22. The van der Waals surface area contributed by atoms with E-state index in [9.17, 15) is 18.0 Å². The summed E-state index contributed by atoms with van der Waals surface area (Å²) in [6.45, 7) is 4.87. The first-order valence-corrected chi connectivity index (χ1v) is 10.9. The van der Waals surface area contributed by atoms with Gasteiger partial charge in [0.05, 0.1) is 22.1 Å². The van der Waals surface area contributed by atoms with Crippen LogP contribution in [-0.2, 0) is 12.7 Å². The summed E-state index contributed by atoms with van der Waals surface area (Å²) in [7, 11) is 0. The Balaban J connectivity index is 1.69. The molecule has 0 fully saturated rings. The first-order chi connectivity index (χ1) is 15.2. The van der Waals surface area contributed by atoms with Crippen molar-refractivity contribution in [1.29, 1.82) is 0 Å². The quantitative estimate of drug-likeness (QED) is 0.363. The lowest BCUT2D eigenvalue weighted by Crippen LogP contribution is -2.32. The van der Waals surface area contributed by atoms with Gasteiger partial charge in [-0.3, -0.25) is 9.69 Å². The molecular formula is C23H21F3N4OS. The van der Waals surface area contributed by atoms with Gasteiger partial charge in [-0.1, -0.05) is 23.5 Å². The molecule has 0 unspecified atom stereocenters. The Kier molecular flexibility index (Phi) is 6.01. The van der Waals surface area contributed by atoms with Gasteiger partial charge in [-0.2, -0.15) is 13.2 Å². The predicted octanol–water partition coefficient (Wildman–Crippen LogP) is 5.87. The number of carbonyl (C=O) groups excluding carboxylic acids is 1. The zero-order chi connectivity index (χ0) is 22.9. The number of fused-ring (bicyclic) bond motifs is 1. The number of alkyl halides is 3. The van der Waals surface area contributed by atoms with Crippen molar-refractivity contribution in [2.24, 2.45) is 0 Å². The average Bonchev–Trinajstić information content (AvgIpc) is 3.40. The third-order valence-electron chi connectivity index (χ3n) is 5.09. The van der Waals surface area contributed by atoms with Gasteiger partial charge < -0.3 is 4.57 Å². The van der Waals surface area contributed by atoms with Crippen LogP contribution in [0.15, 0.2) is 55.1 Å². The van der Waals surface area contributed by atoms with Gasteiger partial charge in [-0.25, -0.2) is 9.97 Å². The number of imidazole rings is 1. The van der Waals surface area contributed by atoms with Crippen molar-refractivity contribution in [2.45, 2.75) is 33.0 Å². The SMILES string of the molecule is Cc1cc(C)c2nc(N(CCCn3ccnc3)C(=O)c3cccc(C(F)(F)F)c3)sc2c1. The number of hydrogen-bond donors (Lipinski definition) is 0. The smallest absolute Gasteiger partial charge is 0.337 e. The summed E-state index contributed by atoms with van der Waals surface area (Å²) in [5.41, 5.74) is 2.01. The second-order valence-corrected chi connectivity index (χ2v) is 8.62. The lowest BCUT2D eigenvalue weighted by molar-refractivity contribution is -0.137. The van der Waals surface area contributed by atoms with E-state index in [1.54, 1.807) is 12.5 Å². The van der Waals surface area contributed by atoms with E-state index in [0.717, 1.165) is 33.5 Å². The molecule has 5 nitrogen and oxygen atoms in total. The molecule has 166 valence electrons. The summed E-state index contributed by atoms with van der Waals surface area (Å²) >= 11 is 1.37. The van der Waals surface area contributed by atoms with Gasteiger partial charge in [-0.05, 0) is 55.7 Å². The van der Waals surface area contributed by atoms with Gasteiger partial charge >= 0.3 is 6.18 Å². The molecule has 1 amide bonds.